The number of rotatable bonds is 14. The van der Waals surface area contributed by atoms with Crippen LogP contribution in [0.4, 0.5) is 0 Å². The molecule has 0 unspecified atom stereocenters. The van der Waals surface area contributed by atoms with Crippen LogP contribution in [0.15, 0.2) is 121 Å². The van der Waals surface area contributed by atoms with Crippen LogP contribution in [0, 0.1) is 0 Å². The second-order valence-corrected chi connectivity index (χ2v) is 14.0. The molecule has 0 aromatic heterocycles. The number of carbonyl (C=O) groups excluding carboxylic acids is 3. The van der Waals surface area contributed by atoms with Crippen LogP contribution in [0.1, 0.15) is 94.9 Å². The summed E-state index contributed by atoms with van der Waals surface area (Å²) in [6.45, 7) is 12.2. The number of nitrogens with one attached hydrogen (secondary N) is 1. The van der Waals surface area contributed by atoms with Gasteiger partial charge in [-0.25, -0.2) is 0 Å². The van der Waals surface area contributed by atoms with E-state index in [0.717, 1.165) is 5.56 Å². The third kappa shape index (κ3) is 8.34. The average molecular weight is 684 g/mol. The first-order chi connectivity index (χ1) is 24.1. The Labute approximate surface area is 300 Å². The SMILES string of the molecule is CNC(C)(C)Oc1ccc(C(=O)c2ccc(Oc3ccc(C(=O)c4ccc(C(=O)c5ccc(C(C)(C)C(C)(C)OC)cc5)cc4)cc3)cc2)cc1. The summed E-state index contributed by atoms with van der Waals surface area (Å²) >= 11 is 0. The van der Waals surface area contributed by atoms with Crippen LogP contribution in [0.3, 0.4) is 0 Å². The highest BCUT2D eigenvalue weighted by molar-refractivity contribution is 6.12. The minimum absolute atomic E-state index is 0.109. The van der Waals surface area contributed by atoms with Gasteiger partial charge in [0.2, 0.25) is 0 Å². The molecule has 0 aliphatic rings. The lowest BCUT2D eigenvalue weighted by molar-refractivity contribution is -0.0341. The van der Waals surface area contributed by atoms with E-state index in [4.69, 9.17) is 14.2 Å². The Morgan fingerprint density at radius 2 is 0.765 bits per heavy atom. The third-order valence-corrected chi connectivity index (χ3v) is 9.85. The molecule has 0 saturated carbocycles. The summed E-state index contributed by atoms with van der Waals surface area (Å²) in [5, 5.41) is 3.08. The molecule has 262 valence electrons. The van der Waals surface area contributed by atoms with Crippen LogP contribution in [0.2, 0.25) is 0 Å². The van der Waals surface area contributed by atoms with E-state index in [-0.39, 0.29) is 28.4 Å². The second kappa shape index (κ2) is 14.9. The molecule has 0 radical (unpaired) electrons. The minimum Gasteiger partial charge on any atom is -0.473 e. The van der Waals surface area contributed by atoms with Gasteiger partial charge in [0.05, 0.1) is 5.60 Å². The highest BCUT2D eigenvalue weighted by atomic mass is 16.5. The van der Waals surface area contributed by atoms with Gasteiger partial charge in [0.1, 0.15) is 17.2 Å². The molecule has 0 aliphatic carbocycles. The molecule has 0 saturated heterocycles. The molecule has 0 heterocycles. The molecule has 0 amide bonds. The van der Waals surface area contributed by atoms with E-state index in [2.05, 4.69) is 19.2 Å². The Hall–Kier alpha value is -5.37. The molecular weight excluding hydrogens is 638 g/mol. The monoisotopic (exact) mass is 683 g/mol. The zero-order valence-electron chi connectivity index (χ0n) is 30.5. The van der Waals surface area contributed by atoms with Crippen LogP contribution in [0.5, 0.6) is 17.2 Å². The fraction of sp³-hybridized carbons (Fsp3) is 0.250. The molecule has 1 N–H and O–H groups in total. The number of carbonyl (C=O) groups is 3. The lowest BCUT2D eigenvalue weighted by Crippen LogP contribution is -2.44. The van der Waals surface area contributed by atoms with Gasteiger partial charge in [0, 0.05) is 45.9 Å². The van der Waals surface area contributed by atoms with Crippen molar-refractivity contribution in [2.75, 3.05) is 14.2 Å². The second-order valence-electron chi connectivity index (χ2n) is 14.0. The maximum atomic E-state index is 13.2. The molecule has 5 aromatic carbocycles. The van der Waals surface area contributed by atoms with Crippen molar-refractivity contribution >= 4 is 17.3 Å². The maximum Gasteiger partial charge on any atom is 0.193 e. The van der Waals surface area contributed by atoms with Crippen molar-refractivity contribution in [2.24, 2.45) is 0 Å². The van der Waals surface area contributed by atoms with Crippen LogP contribution in [0.25, 0.3) is 0 Å². The Balaban J connectivity index is 1.18. The van der Waals surface area contributed by atoms with E-state index in [1.165, 1.54) is 0 Å². The fourth-order valence-corrected chi connectivity index (χ4v) is 5.42. The standard InChI is InChI=1S/C44H45NO6/c1-42(2,43(3,4)49-8)35-21-13-31(14-22-35)39(46)29-9-11-30(12-10-29)40(47)32-15-23-36(24-16-32)50-37-25-17-33(18-26-37)41(48)34-19-27-38(28-20-34)51-44(5,6)45-7/h9-28,45H,1-8H3. The molecule has 51 heavy (non-hydrogen) atoms. The fourth-order valence-electron chi connectivity index (χ4n) is 5.42. The molecular formula is C44H45NO6. The normalized spacial score (nSPS) is 11.9. The van der Waals surface area contributed by atoms with Crippen LogP contribution < -0.4 is 14.8 Å². The molecule has 5 aromatic rings. The van der Waals surface area contributed by atoms with Gasteiger partial charge in [0.15, 0.2) is 23.1 Å². The summed E-state index contributed by atoms with van der Waals surface area (Å²) in [6.07, 6.45) is 0. The Morgan fingerprint density at radius 3 is 1.08 bits per heavy atom. The molecule has 7 heteroatoms. The molecule has 7 nitrogen and oxygen atoms in total. The van der Waals surface area contributed by atoms with Crippen molar-refractivity contribution in [3.05, 3.63) is 160 Å². The van der Waals surface area contributed by atoms with Gasteiger partial charge in [-0.15, -0.1) is 0 Å². The first-order valence-corrected chi connectivity index (χ1v) is 16.9. The van der Waals surface area contributed by atoms with Crippen molar-refractivity contribution in [3.8, 4) is 17.2 Å². The summed E-state index contributed by atoms with van der Waals surface area (Å²) in [5.41, 5.74) is 3.03. The molecule has 5 rings (SSSR count). The predicted molar refractivity (Wildman–Crippen MR) is 200 cm³/mol. The smallest absolute Gasteiger partial charge is 0.193 e. The lowest BCUT2D eigenvalue weighted by atomic mass is 9.71. The highest BCUT2D eigenvalue weighted by Crippen LogP contribution is 2.37. The molecule has 0 atom stereocenters. The average Bonchev–Trinajstić information content (AvgIpc) is 3.15. The van der Waals surface area contributed by atoms with Crippen molar-refractivity contribution in [2.45, 2.75) is 58.3 Å². The summed E-state index contributed by atoms with van der Waals surface area (Å²) in [5.74, 6) is 1.38. The summed E-state index contributed by atoms with van der Waals surface area (Å²) < 4.78 is 17.6. The molecule has 0 aliphatic heterocycles. The van der Waals surface area contributed by atoms with Gasteiger partial charge >= 0.3 is 0 Å². The van der Waals surface area contributed by atoms with Gasteiger partial charge in [-0.3, -0.25) is 19.7 Å². The first kappa shape index (κ1) is 36.9. The van der Waals surface area contributed by atoms with Gasteiger partial charge in [-0.05, 0) is 113 Å². The van der Waals surface area contributed by atoms with E-state index in [1.54, 1.807) is 104 Å². The van der Waals surface area contributed by atoms with E-state index in [0.29, 0.717) is 50.6 Å². The first-order valence-electron chi connectivity index (χ1n) is 16.9. The number of benzene rings is 5. The Bertz CT molecular complexity index is 1990. The van der Waals surface area contributed by atoms with Gasteiger partial charge in [0.25, 0.3) is 0 Å². The lowest BCUT2D eigenvalue weighted by Gasteiger charge is -2.41. The van der Waals surface area contributed by atoms with Crippen LogP contribution in [-0.4, -0.2) is 42.8 Å². The topological polar surface area (TPSA) is 90.9 Å². The zero-order chi connectivity index (χ0) is 37.0. The van der Waals surface area contributed by atoms with Crippen molar-refractivity contribution in [1.29, 1.82) is 0 Å². The summed E-state index contributed by atoms with van der Waals surface area (Å²) in [6, 6.07) is 35.1. The third-order valence-electron chi connectivity index (χ3n) is 9.85. The maximum absolute atomic E-state index is 13.2. The van der Waals surface area contributed by atoms with Crippen molar-refractivity contribution in [1.82, 2.24) is 5.32 Å². The molecule has 0 spiro atoms. The molecule has 0 bridgehead atoms. The van der Waals surface area contributed by atoms with Crippen LogP contribution in [-0.2, 0) is 10.2 Å². The minimum atomic E-state index is -0.525. The van der Waals surface area contributed by atoms with Gasteiger partial charge in [-0.1, -0.05) is 62.4 Å². The predicted octanol–water partition coefficient (Wildman–Crippen LogP) is 9.21. The summed E-state index contributed by atoms with van der Waals surface area (Å²) in [4.78, 5) is 39.5. The van der Waals surface area contributed by atoms with Crippen LogP contribution >= 0.6 is 0 Å². The van der Waals surface area contributed by atoms with E-state index < -0.39 is 5.72 Å². The number of hydrogen-bond acceptors (Lipinski definition) is 7. The number of hydrogen-bond donors (Lipinski definition) is 1. The van der Waals surface area contributed by atoms with E-state index in [9.17, 15) is 14.4 Å². The zero-order valence-corrected chi connectivity index (χ0v) is 30.5. The highest BCUT2D eigenvalue weighted by Gasteiger charge is 2.38. The Morgan fingerprint density at radius 1 is 0.471 bits per heavy atom. The quantitative estimate of drug-likeness (QED) is 0.0922. The number of methoxy groups -OCH3 is 1. The number of ketones is 3. The largest absolute Gasteiger partial charge is 0.473 e. The summed E-state index contributed by atoms with van der Waals surface area (Å²) in [7, 11) is 3.53. The van der Waals surface area contributed by atoms with Crippen molar-refractivity contribution in [3.63, 3.8) is 0 Å². The molecule has 0 fully saturated rings. The Kier molecular flexibility index (Phi) is 10.7. The van der Waals surface area contributed by atoms with E-state index >= 15 is 0 Å². The van der Waals surface area contributed by atoms with Gasteiger partial charge < -0.3 is 14.2 Å². The van der Waals surface area contributed by atoms with Crippen molar-refractivity contribution < 1.29 is 28.6 Å². The van der Waals surface area contributed by atoms with E-state index in [1.807, 2.05) is 59.0 Å². The van der Waals surface area contributed by atoms with Gasteiger partial charge in [-0.2, -0.15) is 0 Å². The number of ether oxygens (including phenoxy) is 3.